The highest BCUT2D eigenvalue weighted by Gasteiger charge is 2.19. The maximum atomic E-state index is 11.3. The van der Waals surface area contributed by atoms with Gasteiger partial charge < -0.3 is 9.47 Å². The number of cyclic esters (lactones) is 2. The number of esters is 2. The third kappa shape index (κ3) is 1.31. The van der Waals surface area contributed by atoms with Gasteiger partial charge >= 0.3 is 11.9 Å². The Kier molecular flexibility index (Phi) is 1.92. The van der Waals surface area contributed by atoms with E-state index in [0.717, 1.165) is 0 Å². The molecule has 0 amide bonds. The van der Waals surface area contributed by atoms with Crippen LogP contribution in [-0.2, 0) is 9.47 Å². The van der Waals surface area contributed by atoms with E-state index in [-0.39, 0.29) is 11.1 Å². The van der Waals surface area contributed by atoms with Crippen LogP contribution in [-0.4, -0.2) is 11.9 Å². The van der Waals surface area contributed by atoms with Crippen LogP contribution in [0.3, 0.4) is 0 Å². The Hall–Kier alpha value is -2.28. The lowest BCUT2D eigenvalue weighted by atomic mass is 10.1. The number of carbonyl (C=O) groups is 2. The summed E-state index contributed by atoms with van der Waals surface area (Å²) in [6, 6.07) is 6.21. The summed E-state index contributed by atoms with van der Waals surface area (Å²) < 4.78 is 8.96. The number of benzene rings is 1. The first-order valence-corrected chi connectivity index (χ1v) is 3.80. The fourth-order valence-electron chi connectivity index (χ4n) is 1.08. The molecule has 1 aliphatic rings. The highest BCUT2D eigenvalue weighted by atomic mass is 16.6. The van der Waals surface area contributed by atoms with Crippen LogP contribution in [0.1, 0.15) is 20.7 Å². The molecule has 2 rings (SSSR count). The molecule has 0 saturated carbocycles. The van der Waals surface area contributed by atoms with E-state index in [1.54, 1.807) is 12.1 Å². The van der Waals surface area contributed by atoms with Crippen LogP contribution in [0.15, 0.2) is 24.3 Å². The summed E-state index contributed by atoms with van der Waals surface area (Å²) >= 11 is 0. The first-order chi connectivity index (χ1) is 6.79. The van der Waals surface area contributed by atoms with Gasteiger partial charge in [-0.15, -0.1) is 0 Å². The summed E-state index contributed by atoms with van der Waals surface area (Å²) in [6.07, 6.45) is 3.93. The van der Waals surface area contributed by atoms with Crippen LogP contribution in [0.2, 0.25) is 0 Å². The number of carbonyl (C=O) groups excluding carboxylic acids is 2. The van der Waals surface area contributed by atoms with E-state index in [2.05, 4.69) is 9.47 Å². The summed E-state index contributed by atoms with van der Waals surface area (Å²) in [6.45, 7) is 0. The highest BCUT2D eigenvalue weighted by Crippen LogP contribution is 2.12. The van der Waals surface area contributed by atoms with E-state index in [1.807, 2.05) is 12.2 Å². The van der Waals surface area contributed by atoms with Crippen LogP contribution in [0, 0.1) is 12.2 Å². The molecule has 0 saturated heterocycles. The number of hydrogen-bond donors (Lipinski definition) is 0. The maximum Gasteiger partial charge on any atom is 0.353 e. The number of hydrogen-bond acceptors (Lipinski definition) is 4. The molecule has 4 nitrogen and oxygen atoms in total. The molecule has 1 heterocycles. The van der Waals surface area contributed by atoms with E-state index in [0.29, 0.717) is 0 Å². The molecule has 1 aromatic rings. The molecule has 0 spiro atoms. The Morgan fingerprint density at radius 1 is 0.857 bits per heavy atom. The molecule has 0 atom stereocenters. The highest BCUT2D eigenvalue weighted by molar-refractivity contribution is 6.04. The van der Waals surface area contributed by atoms with Crippen molar-refractivity contribution in [3.63, 3.8) is 0 Å². The molecule has 4 heteroatoms. The van der Waals surface area contributed by atoms with Gasteiger partial charge in [-0.2, -0.15) is 0 Å². The van der Waals surface area contributed by atoms with E-state index in [1.165, 1.54) is 12.1 Å². The zero-order valence-electron chi connectivity index (χ0n) is 6.94. The third-order valence-corrected chi connectivity index (χ3v) is 1.70. The molecule has 0 unspecified atom stereocenters. The summed E-state index contributed by atoms with van der Waals surface area (Å²) in [4.78, 5) is 22.5. The SMILES string of the molecule is O=C1OC#COC(=O)c2ccccc21. The molecule has 0 fully saturated rings. The predicted molar refractivity (Wildman–Crippen MR) is 45.0 cm³/mol. The standard InChI is InChI=1S/C10H4O4/c11-9-7-3-1-2-4-8(7)10(12)14-6-5-13-9/h1-4H. The average molecular weight is 188 g/mol. The van der Waals surface area contributed by atoms with Crippen molar-refractivity contribution in [2.24, 2.45) is 0 Å². The van der Waals surface area contributed by atoms with E-state index in [4.69, 9.17) is 0 Å². The largest absolute Gasteiger partial charge is 0.365 e. The second kappa shape index (κ2) is 3.23. The Bertz CT molecular complexity index is 424. The van der Waals surface area contributed by atoms with Crippen molar-refractivity contribution in [2.75, 3.05) is 0 Å². The van der Waals surface area contributed by atoms with Crippen molar-refractivity contribution in [2.45, 2.75) is 0 Å². The summed E-state index contributed by atoms with van der Waals surface area (Å²) in [7, 11) is 0. The smallest absolute Gasteiger partial charge is 0.353 e. The predicted octanol–water partition coefficient (Wildman–Crippen LogP) is 0.932. The van der Waals surface area contributed by atoms with Gasteiger partial charge in [0.2, 0.25) is 0 Å². The molecule has 68 valence electrons. The minimum atomic E-state index is -0.648. The first kappa shape index (κ1) is 8.32. The molecule has 1 aliphatic heterocycles. The summed E-state index contributed by atoms with van der Waals surface area (Å²) in [5.74, 6) is -1.30. The van der Waals surface area contributed by atoms with Crippen LogP contribution in [0.4, 0.5) is 0 Å². The van der Waals surface area contributed by atoms with E-state index >= 15 is 0 Å². The molecule has 14 heavy (non-hydrogen) atoms. The lowest BCUT2D eigenvalue weighted by molar-refractivity contribution is 0.0615. The van der Waals surface area contributed by atoms with E-state index < -0.39 is 11.9 Å². The minimum Gasteiger partial charge on any atom is -0.365 e. The average Bonchev–Trinajstić information content (AvgIpc) is 2.22. The lowest BCUT2D eigenvalue weighted by Gasteiger charge is -2.05. The van der Waals surface area contributed by atoms with Gasteiger partial charge in [0.15, 0.2) is 12.2 Å². The Balaban J connectivity index is 2.58. The van der Waals surface area contributed by atoms with Crippen molar-refractivity contribution >= 4 is 11.9 Å². The third-order valence-electron chi connectivity index (χ3n) is 1.70. The summed E-state index contributed by atoms with van der Waals surface area (Å²) in [5.41, 5.74) is 0.318. The summed E-state index contributed by atoms with van der Waals surface area (Å²) in [5, 5.41) is 0. The van der Waals surface area contributed by atoms with Crippen molar-refractivity contribution in [1.29, 1.82) is 0 Å². The molecule has 0 aromatic heterocycles. The topological polar surface area (TPSA) is 52.6 Å². The fourth-order valence-corrected chi connectivity index (χ4v) is 1.08. The van der Waals surface area contributed by atoms with Crippen molar-refractivity contribution in [3.8, 4) is 12.2 Å². The molecule has 0 radical (unpaired) electrons. The number of ether oxygens (including phenoxy) is 2. The van der Waals surface area contributed by atoms with E-state index in [9.17, 15) is 9.59 Å². The Morgan fingerprint density at radius 2 is 1.29 bits per heavy atom. The monoisotopic (exact) mass is 188 g/mol. The molecule has 0 N–H and O–H groups in total. The van der Waals surface area contributed by atoms with Gasteiger partial charge in [0.1, 0.15) is 0 Å². The normalized spacial score (nSPS) is 13.7. The van der Waals surface area contributed by atoms with Gasteiger partial charge in [0.05, 0.1) is 11.1 Å². The number of rotatable bonds is 0. The zero-order chi connectivity index (χ0) is 9.97. The second-order valence-electron chi connectivity index (χ2n) is 2.53. The van der Waals surface area contributed by atoms with Gasteiger partial charge in [-0.05, 0) is 12.1 Å². The molecular formula is C10H4O4. The second-order valence-corrected chi connectivity index (χ2v) is 2.53. The zero-order valence-corrected chi connectivity index (χ0v) is 6.94. The van der Waals surface area contributed by atoms with Crippen LogP contribution in [0.25, 0.3) is 0 Å². The van der Waals surface area contributed by atoms with Gasteiger partial charge in [-0.1, -0.05) is 12.1 Å². The fraction of sp³-hybridized carbons (Fsp3) is 0. The van der Waals surface area contributed by atoms with Crippen molar-refractivity contribution in [3.05, 3.63) is 35.4 Å². The van der Waals surface area contributed by atoms with Gasteiger partial charge in [-0.3, -0.25) is 0 Å². The van der Waals surface area contributed by atoms with Crippen molar-refractivity contribution < 1.29 is 19.1 Å². The molecule has 0 bridgehead atoms. The van der Waals surface area contributed by atoms with Crippen LogP contribution in [0.5, 0.6) is 0 Å². The lowest BCUT2D eigenvalue weighted by Crippen LogP contribution is -2.13. The molecule has 1 aromatic carbocycles. The quantitative estimate of drug-likeness (QED) is 0.449. The molecule has 0 aliphatic carbocycles. The van der Waals surface area contributed by atoms with Gasteiger partial charge in [0.25, 0.3) is 0 Å². The Morgan fingerprint density at radius 3 is 1.71 bits per heavy atom. The first-order valence-electron chi connectivity index (χ1n) is 3.80. The van der Waals surface area contributed by atoms with Crippen LogP contribution >= 0.6 is 0 Å². The van der Waals surface area contributed by atoms with Crippen LogP contribution < -0.4 is 0 Å². The van der Waals surface area contributed by atoms with Gasteiger partial charge in [-0.25, -0.2) is 9.59 Å². The Labute approximate surface area is 79.4 Å². The molecular weight excluding hydrogens is 184 g/mol. The van der Waals surface area contributed by atoms with Gasteiger partial charge in [0, 0.05) is 0 Å². The maximum absolute atomic E-state index is 11.3. The van der Waals surface area contributed by atoms with Crippen molar-refractivity contribution in [1.82, 2.24) is 0 Å². The number of fused-ring (bicyclic) bond motifs is 1. The minimum absolute atomic E-state index is 0.159.